The fourth-order valence-corrected chi connectivity index (χ4v) is 5.46. The predicted molar refractivity (Wildman–Crippen MR) is 110 cm³/mol. The van der Waals surface area contributed by atoms with E-state index in [9.17, 15) is 12.8 Å². The number of aromatic nitrogens is 3. The van der Waals surface area contributed by atoms with Crippen molar-refractivity contribution in [2.75, 3.05) is 12.8 Å². The number of allylic oxidation sites excluding steroid dienone is 1. The summed E-state index contributed by atoms with van der Waals surface area (Å²) in [6.07, 6.45) is 10.2. The lowest BCUT2D eigenvalue weighted by molar-refractivity contribution is 0.241. The molecule has 0 bridgehead atoms. The van der Waals surface area contributed by atoms with Crippen LogP contribution in [0.2, 0.25) is 5.02 Å². The maximum absolute atomic E-state index is 14.4. The molecular formula is C20H22ClFN4O2S. The van der Waals surface area contributed by atoms with E-state index in [0.717, 1.165) is 36.1 Å². The highest BCUT2D eigenvalue weighted by Gasteiger charge is 2.29. The summed E-state index contributed by atoms with van der Waals surface area (Å²) in [5.74, 6) is -0.0358. The molecule has 0 aromatic carbocycles. The first-order valence-electron chi connectivity index (χ1n) is 9.66. The van der Waals surface area contributed by atoms with E-state index in [4.69, 9.17) is 11.6 Å². The predicted octanol–water partition coefficient (Wildman–Crippen LogP) is 3.40. The molecule has 0 saturated carbocycles. The standard InChI is InChI=1S/C20H22ClFN4O2S/c1-29(27,28)26-9-3-2-4-14(26)5-7-19-17(22)12-24-20(25-19)15-6-8-18-16(15)10-13(21)11-23-18/h6,10-12,14H,2-5,7-9H2,1H3/t14-/m0/s1. The van der Waals surface area contributed by atoms with Gasteiger partial charge in [-0.2, -0.15) is 4.31 Å². The Bertz CT molecular complexity index is 1070. The number of nitrogens with zero attached hydrogens (tertiary/aromatic N) is 4. The number of fused-ring (bicyclic) bond motifs is 1. The number of sulfonamides is 1. The van der Waals surface area contributed by atoms with E-state index in [1.165, 1.54) is 12.5 Å². The van der Waals surface area contributed by atoms with Crippen LogP contribution in [-0.2, 0) is 22.9 Å². The summed E-state index contributed by atoms with van der Waals surface area (Å²) in [4.78, 5) is 13.0. The highest BCUT2D eigenvalue weighted by molar-refractivity contribution is 7.88. The minimum atomic E-state index is -3.27. The number of hydrogen-bond donors (Lipinski definition) is 0. The summed E-state index contributed by atoms with van der Waals surface area (Å²) in [7, 11) is -3.27. The molecule has 2 aromatic heterocycles. The summed E-state index contributed by atoms with van der Waals surface area (Å²) in [6.45, 7) is 0.526. The van der Waals surface area contributed by atoms with Crippen molar-refractivity contribution in [2.45, 2.75) is 44.6 Å². The normalized spacial score (nSPS) is 19.8. The Morgan fingerprint density at radius 3 is 2.90 bits per heavy atom. The third-order valence-electron chi connectivity index (χ3n) is 5.50. The van der Waals surface area contributed by atoms with Gasteiger partial charge in [0.15, 0.2) is 11.6 Å². The summed E-state index contributed by atoms with van der Waals surface area (Å²) < 4.78 is 40.0. The molecule has 1 aliphatic carbocycles. The van der Waals surface area contributed by atoms with Crippen LogP contribution in [0.4, 0.5) is 4.39 Å². The molecule has 0 unspecified atom stereocenters. The van der Waals surface area contributed by atoms with Crippen molar-refractivity contribution in [3.8, 4) is 0 Å². The number of piperidine rings is 1. The molecule has 0 amide bonds. The smallest absolute Gasteiger partial charge is 0.211 e. The molecule has 1 atom stereocenters. The van der Waals surface area contributed by atoms with Gasteiger partial charge >= 0.3 is 0 Å². The second-order valence-electron chi connectivity index (χ2n) is 7.52. The van der Waals surface area contributed by atoms with Crippen LogP contribution >= 0.6 is 11.6 Å². The molecule has 6 nitrogen and oxygen atoms in total. The van der Waals surface area contributed by atoms with E-state index >= 15 is 0 Å². The third kappa shape index (κ3) is 4.34. The molecule has 2 aromatic rings. The van der Waals surface area contributed by atoms with E-state index in [1.54, 1.807) is 10.5 Å². The number of rotatable bonds is 5. The quantitative estimate of drug-likeness (QED) is 0.718. The highest BCUT2D eigenvalue weighted by Crippen LogP contribution is 2.32. The zero-order valence-electron chi connectivity index (χ0n) is 16.1. The van der Waals surface area contributed by atoms with Gasteiger partial charge in [-0.3, -0.25) is 4.98 Å². The Balaban J connectivity index is 1.55. The van der Waals surface area contributed by atoms with Gasteiger partial charge in [-0.1, -0.05) is 24.1 Å². The lowest BCUT2D eigenvalue weighted by atomic mass is 9.99. The van der Waals surface area contributed by atoms with E-state index in [2.05, 4.69) is 15.0 Å². The van der Waals surface area contributed by atoms with Crippen molar-refractivity contribution >= 4 is 27.2 Å². The molecule has 0 N–H and O–H groups in total. The Morgan fingerprint density at radius 2 is 2.10 bits per heavy atom. The maximum atomic E-state index is 14.4. The topological polar surface area (TPSA) is 76.1 Å². The number of aryl methyl sites for hydroxylation is 1. The second-order valence-corrected chi connectivity index (χ2v) is 9.89. The van der Waals surface area contributed by atoms with Gasteiger partial charge in [0.1, 0.15) is 0 Å². The van der Waals surface area contributed by atoms with Crippen LogP contribution in [0.1, 0.15) is 48.5 Å². The van der Waals surface area contributed by atoms with Gasteiger partial charge in [0.05, 0.1) is 28.9 Å². The van der Waals surface area contributed by atoms with E-state index < -0.39 is 15.8 Å². The van der Waals surface area contributed by atoms with E-state index in [1.807, 2.05) is 12.1 Å². The fourth-order valence-electron chi connectivity index (χ4n) is 4.09. The van der Waals surface area contributed by atoms with Crippen LogP contribution in [0, 0.1) is 5.82 Å². The highest BCUT2D eigenvalue weighted by atomic mass is 35.5. The molecular weight excluding hydrogens is 415 g/mol. The van der Waals surface area contributed by atoms with Crippen molar-refractivity contribution in [3.05, 3.63) is 58.2 Å². The number of halogens is 2. The molecule has 9 heteroatoms. The summed E-state index contributed by atoms with van der Waals surface area (Å²) in [5.41, 5.74) is 2.86. The second kappa shape index (κ2) is 8.08. The maximum Gasteiger partial charge on any atom is 0.211 e. The third-order valence-corrected chi connectivity index (χ3v) is 7.04. The minimum absolute atomic E-state index is 0.119. The van der Waals surface area contributed by atoms with E-state index in [0.29, 0.717) is 42.3 Å². The Labute approximate surface area is 174 Å². The van der Waals surface area contributed by atoms with Crippen molar-refractivity contribution < 1.29 is 12.8 Å². The van der Waals surface area contributed by atoms with Gasteiger partial charge in [-0.15, -0.1) is 0 Å². The van der Waals surface area contributed by atoms with Gasteiger partial charge in [0.2, 0.25) is 10.0 Å². The molecule has 3 heterocycles. The van der Waals surface area contributed by atoms with Gasteiger partial charge in [-0.25, -0.2) is 22.8 Å². The summed E-state index contributed by atoms with van der Waals surface area (Å²) >= 11 is 6.07. The van der Waals surface area contributed by atoms with Crippen LogP contribution in [0.15, 0.2) is 24.5 Å². The molecule has 2 aliphatic rings. The first kappa shape index (κ1) is 20.4. The molecule has 1 saturated heterocycles. The Morgan fingerprint density at radius 1 is 1.28 bits per heavy atom. The molecule has 0 radical (unpaired) electrons. The van der Waals surface area contributed by atoms with Crippen molar-refractivity contribution in [3.63, 3.8) is 0 Å². The summed E-state index contributed by atoms with van der Waals surface area (Å²) in [5, 5.41) is 0.525. The minimum Gasteiger partial charge on any atom is -0.259 e. The Hall–Kier alpha value is -1.90. The van der Waals surface area contributed by atoms with Gasteiger partial charge in [0.25, 0.3) is 0 Å². The van der Waals surface area contributed by atoms with Crippen LogP contribution < -0.4 is 0 Å². The zero-order valence-corrected chi connectivity index (χ0v) is 17.7. The molecule has 154 valence electrons. The van der Waals surface area contributed by atoms with E-state index in [-0.39, 0.29) is 6.04 Å². The molecule has 1 fully saturated rings. The molecule has 4 rings (SSSR count). The SMILES string of the molecule is CS(=O)(=O)N1CCCC[C@H]1CCc1nc(C2=CCc3ncc(Cl)cc32)ncc1F. The zero-order chi connectivity index (χ0) is 20.6. The molecule has 29 heavy (non-hydrogen) atoms. The Kier molecular flexibility index (Phi) is 5.68. The lowest BCUT2D eigenvalue weighted by Crippen LogP contribution is -2.43. The average Bonchev–Trinajstić information content (AvgIpc) is 3.10. The van der Waals surface area contributed by atoms with Crippen LogP contribution in [0.3, 0.4) is 0 Å². The van der Waals surface area contributed by atoms with Crippen LogP contribution in [0.5, 0.6) is 0 Å². The van der Waals surface area contributed by atoms with Crippen molar-refractivity contribution in [2.24, 2.45) is 0 Å². The molecule has 1 aliphatic heterocycles. The fraction of sp³-hybridized carbons (Fsp3) is 0.450. The number of pyridine rings is 1. The van der Waals surface area contributed by atoms with Crippen LogP contribution in [0.25, 0.3) is 5.57 Å². The first-order valence-corrected chi connectivity index (χ1v) is 11.9. The first-order chi connectivity index (χ1) is 13.8. The lowest BCUT2D eigenvalue weighted by Gasteiger charge is -2.33. The average molecular weight is 437 g/mol. The van der Waals surface area contributed by atoms with Gasteiger partial charge in [-0.05, 0) is 31.7 Å². The van der Waals surface area contributed by atoms with Crippen molar-refractivity contribution in [1.82, 2.24) is 19.3 Å². The monoisotopic (exact) mass is 436 g/mol. The van der Waals surface area contributed by atoms with Crippen LogP contribution in [-0.4, -0.2) is 46.5 Å². The van der Waals surface area contributed by atoms with Gasteiger partial charge in [0, 0.05) is 36.3 Å². The van der Waals surface area contributed by atoms with Crippen molar-refractivity contribution in [1.29, 1.82) is 0 Å². The summed E-state index contributed by atoms with van der Waals surface area (Å²) in [6, 6.07) is 1.70. The largest absolute Gasteiger partial charge is 0.259 e. The molecule has 0 spiro atoms. The number of hydrogen-bond acceptors (Lipinski definition) is 5. The van der Waals surface area contributed by atoms with Gasteiger partial charge < -0.3 is 0 Å².